The van der Waals surface area contributed by atoms with E-state index in [1.165, 1.54) is 0 Å². The lowest BCUT2D eigenvalue weighted by Crippen LogP contribution is -2.38. The largest absolute Gasteiger partial charge is 0.493 e. The highest BCUT2D eigenvalue weighted by Gasteiger charge is 2.46. The van der Waals surface area contributed by atoms with Gasteiger partial charge in [0.2, 0.25) is 0 Å². The van der Waals surface area contributed by atoms with Gasteiger partial charge in [0.15, 0.2) is 28.8 Å². The van der Waals surface area contributed by atoms with Crippen LogP contribution in [0.25, 0.3) is 0 Å². The molecule has 2 aliphatic rings. The van der Waals surface area contributed by atoms with Gasteiger partial charge >= 0.3 is 5.97 Å². The SMILES string of the molecule is CCOC(=O)C1C(C)=NC2=C(C(=O)C[C@H](c3ccc(OC)c(OC)c3)C2)[C@@H]1c1cccc(OC)c1OC. The van der Waals surface area contributed by atoms with Crippen molar-refractivity contribution in [1.82, 2.24) is 0 Å². The molecule has 196 valence electrons. The number of esters is 1. The van der Waals surface area contributed by atoms with Crippen LogP contribution in [0.3, 0.4) is 0 Å². The zero-order valence-electron chi connectivity index (χ0n) is 22.1. The summed E-state index contributed by atoms with van der Waals surface area (Å²) in [4.78, 5) is 31.9. The van der Waals surface area contributed by atoms with Crippen molar-refractivity contribution in [1.29, 1.82) is 0 Å². The summed E-state index contributed by atoms with van der Waals surface area (Å²) < 4.78 is 27.5. The predicted octanol–water partition coefficient (Wildman–Crippen LogP) is 4.86. The number of para-hydroxylation sites is 1. The van der Waals surface area contributed by atoms with Gasteiger partial charge in [-0.3, -0.25) is 14.6 Å². The fourth-order valence-electron chi connectivity index (χ4n) is 5.43. The first-order valence-electron chi connectivity index (χ1n) is 12.3. The molecule has 8 heteroatoms. The molecule has 2 aromatic carbocycles. The Bertz CT molecular complexity index is 1260. The first kappa shape index (κ1) is 26.3. The number of rotatable bonds is 8. The van der Waals surface area contributed by atoms with E-state index in [-0.39, 0.29) is 24.7 Å². The molecule has 0 fully saturated rings. The van der Waals surface area contributed by atoms with Crippen molar-refractivity contribution in [3.8, 4) is 23.0 Å². The number of ether oxygens (including phenoxy) is 5. The van der Waals surface area contributed by atoms with Crippen molar-refractivity contribution in [3.05, 3.63) is 58.8 Å². The molecule has 0 N–H and O–H groups in total. The lowest BCUT2D eigenvalue weighted by molar-refractivity contribution is -0.146. The van der Waals surface area contributed by atoms with Gasteiger partial charge in [0.25, 0.3) is 0 Å². The number of aliphatic imine (C=N–C) groups is 1. The quantitative estimate of drug-likeness (QED) is 0.471. The second-order valence-corrected chi connectivity index (χ2v) is 9.05. The Hall–Kier alpha value is -3.81. The minimum Gasteiger partial charge on any atom is -0.493 e. The van der Waals surface area contributed by atoms with Gasteiger partial charge < -0.3 is 23.7 Å². The predicted molar refractivity (Wildman–Crippen MR) is 139 cm³/mol. The fraction of sp³-hybridized carbons (Fsp3) is 0.414. The molecule has 1 heterocycles. The Morgan fingerprint density at radius 1 is 0.946 bits per heavy atom. The molecule has 4 rings (SSSR count). The van der Waals surface area contributed by atoms with Crippen LogP contribution in [0.1, 0.15) is 49.7 Å². The number of benzene rings is 2. The van der Waals surface area contributed by atoms with E-state index in [1.54, 1.807) is 41.4 Å². The number of hydrogen-bond donors (Lipinski definition) is 0. The van der Waals surface area contributed by atoms with Crippen LogP contribution in [0.5, 0.6) is 23.0 Å². The van der Waals surface area contributed by atoms with Crippen LogP contribution in [-0.2, 0) is 14.3 Å². The molecule has 1 unspecified atom stereocenters. The number of methoxy groups -OCH3 is 4. The van der Waals surface area contributed by atoms with Gasteiger partial charge in [-0.1, -0.05) is 18.2 Å². The molecular weight excluding hydrogens is 474 g/mol. The first-order valence-corrected chi connectivity index (χ1v) is 12.3. The van der Waals surface area contributed by atoms with Gasteiger partial charge in [0, 0.05) is 34.9 Å². The van der Waals surface area contributed by atoms with Crippen LogP contribution in [0.4, 0.5) is 0 Å². The number of ketones is 1. The molecule has 0 aromatic heterocycles. The molecular formula is C29H33NO7. The molecule has 1 aliphatic heterocycles. The van der Waals surface area contributed by atoms with Crippen molar-refractivity contribution < 1.29 is 33.3 Å². The summed E-state index contributed by atoms with van der Waals surface area (Å²) in [6.07, 6.45) is 0.827. The van der Waals surface area contributed by atoms with Gasteiger partial charge in [-0.15, -0.1) is 0 Å². The summed E-state index contributed by atoms with van der Waals surface area (Å²) in [6.45, 7) is 3.81. The lowest BCUT2D eigenvalue weighted by atomic mass is 9.69. The van der Waals surface area contributed by atoms with Crippen LogP contribution >= 0.6 is 0 Å². The third-order valence-corrected chi connectivity index (χ3v) is 7.08. The Morgan fingerprint density at radius 2 is 1.68 bits per heavy atom. The maximum atomic E-state index is 13.9. The van der Waals surface area contributed by atoms with E-state index in [1.807, 2.05) is 37.3 Å². The van der Waals surface area contributed by atoms with Gasteiger partial charge in [-0.25, -0.2) is 0 Å². The fourth-order valence-corrected chi connectivity index (χ4v) is 5.43. The van der Waals surface area contributed by atoms with E-state index in [0.717, 1.165) is 5.56 Å². The van der Waals surface area contributed by atoms with Crippen LogP contribution in [-0.4, -0.2) is 52.5 Å². The molecule has 2 aromatic rings. The summed E-state index contributed by atoms with van der Waals surface area (Å²) in [5.74, 6) is 0.337. The van der Waals surface area contributed by atoms with Crippen LogP contribution in [0.2, 0.25) is 0 Å². The second kappa shape index (κ2) is 11.1. The summed E-state index contributed by atoms with van der Waals surface area (Å²) in [5.41, 5.74) is 3.48. The van der Waals surface area contributed by atoms with Crippen LogP contribution in [0.15, 0.2) is 52.7 Å². The Labute approximate surface area is 217 Å². The second-order valence-electron chi connectivity index (χ2n) is 9.05. The number of hydrogen-bond acceptors (Lipinski definition) is 8. The van der Waals surface area contributed by atoms with E-state index >= 15 is 0 Å². The number of nitrogens with zero attached hydrogens (tertiary/aromatic N) is 1. The summed E-state index contributed by atoms with van der Waals surface area (Å²) >= 11 is 0. The molecule has 0 saturated carbocycles. The molecule has 0 amide bonds. The number of allylic oxidation sites excluding steroid dienone is 2. The van der Waals surface area contributed by atoms with Crippen LogP contribution in [0, 0.1) is 5.92 Å². The van der Waals surface area contributed by atoms with Crippen molar-refractivity contribution in [2.24, 2.45) is 10.9 Å². The van der Waals surface area contributed by atoms with Crippen molar-refractivity contribution in [3.63, 3.8) is 0 Å². The van der Waals surface area contributed by atoms with Gasteiger partial charge in [0.1, 0.15) is 5.92 Å². The summed E-state index contributed by atoms with van der Waals surface area (Å²) in [6, 6.07) is 11.2. The molecule has 37 heavy (non-hydrogen) atoms. The molecule has 0 spiro atoms. The van der Waals surface area contributed by atoms with Gasteiger partial charge in [-0.2, -0.15) is 0 Å². The molecule has 8 nitrogen and oxygen atoms in total. The minimum absolute atomic E-state index is 0.0542. The third kappa shape index (κ3) is 4.80. The monoisotopic (exact) mass is 507 g/mol. The summed E-state index contributed by atoms with van der Waals surface area (Å²) in [5, 5.41) is 0. The average molecular weight is 508 g/mol. The third-order valence-electron chi connectivity index (χ3n) is 7.08. The molecule has 1 aliphatic carbocycles. The highest BCUT2D eigenvalue weighted by molar-refractivity contribution is 6.09. The highest BCUT2D eigenvalue weighted by Crippen LogP contribution is 2.50. The van der Waals surface area contributed by atoms with E-state index in [4.69, 9.17) is 28.7 Å². The molecule has 0 bridgehead atoms. The molecule has 3 atom stereocenters. The van der Waals surface area contributed by atoms with Crippen molar-refractivity contribution in [2.45, 2.75) is 38.5 Å². The average Bonchev–Trinajstić information content (AvgIpc) is 2.91. The molecule has 0 radical (unpaired) electrons. The van der Waals surface area contributed by atoms with Crippen LogP contribution < -0.4 is 18.9 Å². The van der Waals surface area contributed by atoms with E-state index in [9.17, 15) is 9.59 Å². The van der Waals surface area contributed by atoms with E-state index < -0.39 is 17.8 Å². The lowest BCUT2D eigenvalue weighted by Gasteiger charge is -2.37. The van der Waals surface area contributed by atoms with Crippen molar-refractivity contribution in [2.75, 3.05) is 35.0 Å². The number of Topliss-reactive ketones (excluding diaryl/α,β-unsaturated/α-hetero) is 1. The Kier molecular flexibility index (Phi) is 7.86. The first-order chi connectivity index (χ1) is 17.9. The Balaban J connectivity index is 1.84. The Morgan fingerprint density at radius 3 is 2.32 bits per heavy atom. The smallest absolute Gasteiger partial charge is 0.315 e. The normalized spacial score (nSPS) is 21.1. The number of carbonyl (C=O) groups excluding carboxylic acids is 2. The number of carbonyl (C=O) groups is 2. The zero-order valence-corrected chi connectivity index (χ0v) is 22.1. The van der Waals surface area contributed by atoms with E-state index in [0.29, 0.717) is 52.0 Å². The highest BCUT2D eigenvalue weighted by atomic mass is 16.5. The zero-order chi connectivity index (χ0) is 26.7. The maximum Gasteiger partial charge on any atom is 0.315 e. The molecule has 0 saturated heterocycles. The van der Waals surface area contributed by atoms with Gasteiger partial charge in [-0.05, 0) is 49.9 Å². The summed E-state index contributed by atoms with van der Waals surface area (Å²) in [7, 11) is 6.29. The van der Waals surface area contributed by atoms with Crippen molar-refractivity contribution >= 4 is 17.5 Å². The standard InChI is InChI=1S/C29H33NO7/c1-7-37-29(32)25-16(2)30-20-13-18(17-11-12-22(33-3)24(15-17)35-5)14-21(31)27(20)26(25)19-9-8-10-23(34-4)28(19)36-6/h8-12,15,18,25-26H,7,13-14H2,1-6H3/t18-,25?,26-/m1/s1. The topological polar surface area (TPSA) is 92.7 Å². The maximum absolute atomic E-state index is 13.9. The minimum atomic E-state index is -0.749. The van der Waals surface area contributed by atoms with Gasteiger partial charge in [0.05, 0.1) is 35.0 Å². The van der Waals surface area contributed by atoms with E-state index in [2.05, 4.69) is 0 Å².